The predicted molar refractivity (Wildman–Crippen MR) is 492 cm³/mol. The Morgan fingerprint density at radius 1 is 0.398 bits per heavy atom. The number of rotatable bonds is 26. The second kappa shape index (κ2) is 41.3. The number of aromatic nitrogens is 15. The molecule has 4 saturated carbocycles. The lowest BCUT2D eigenvalue weighted by atomic mass is 9.82. The Bertz CT molecular complexity index is 5730. The molecule has 0 unspecified atom stereocenters. The number of fused-ring (bicyclic) bond motifs is 4. The molecule has 11 aromatic rings. The molecule has 0 atom stereocenters. The summed E-state index contributed by atoms with van der Waals surface area (Å²) in [5.41, 5.74) is 17.2. The number of methoxy groups -OCH3 is 4. The van der Waals surface area contributed by atoms with E-state index in [0.717, 1.165) is 264 Å². The highest BCUT2D eigenvalue weighted by Crippen LogP contribution is 2.49. The Hall–Kier alpha value is -10.9. The number of H-pyrrole nitrogens is 1. The smallest absolute Gasteiger partial charge is 0.357 e. The molecule has 4 aliphatic heterocycles. The molecule has 31 nitrogen and oxygen atoms in total. The number of esters is 3. The van der Waals surface area contributed by atoms with Crippen molar-refractivity contribution in [2.24, 2.45) is 23.7 Å². The number of halogens is 1. The Labute approximate surface area is 752 Å². The van der Waals surface area contributed by atoms with Crippen molar-refractivity contribution in [3.05, 3.63) is 141 Å². The van der Waals surface area contributed by atoms with Crippen molar-refractivity contribution in [1.29, 1.82) is 0 Å². The molecular formula is C96H122ClN19O12. The molecule has 0 amide bonds. The molecule has 8 aliphatic rings. The molecular weight excluding hydrogens is 1650 g/mol. The maximum Gasteiger partial charge on any atom is 0.357 e. The third-order valence-corrected chi connectivity index (χ3v) is 27.2. The number of piperidine rings is 4. The number of ether oxygens (including phenoxy) is 7. The average molecular weight is 1770 g/mol. The lowest BCUT2D eigenvalue weighted by molar-refractivity contribution is 0.0510. The quantitative estimate of drug-likeness (QED) is 0.0289. The number of anilines is 4. The topological polar surface area (TPSA) is 338 Å². The molecule has 680 valence electrons. The van der Waals surface area contributed by atoms with Crippen molar-refractivity contribution in [2.45, 2.75) is 194 Å². The van der Waals surface area contributed by atoms with Crippen LogP contribution in [0.1, 0.15) is 255 Å². The second-order valence-corrected chi connectivity index (χ2v) is 35.9. The molecule has 19 rings (SSSR count). The van der Waals surface area contributed by atoms with Crippen LogP contribution in [0.4, 0.5) is 22.7 Å². The summed E-state index contributed by atoms with van der Waals surface area (Å²) in [5.74, 6) is 1.75. The number of aromatic amines is 1. The van der Waals surface area contributed by atoms with Crippen LogP contribution in [0.25, 0.3) is 61.2 Å². The van der Waals surface area contributed by atoms with Gasteiger partial charge in [0.1, 0.15) is 5.15 Å². The lowest BCUT2D eigenvalue weighted by Crippen LogP contribution is -2.35. The number of hydrogen-bond donors (Lipinski definition) is 2. The van der Waals surface area contributed by atoms with Crippen LogP contribution in [0.5, 0.6) is 0 Å². The number of aromatic carboxylic acids is 1. The zero-order valence-electron chi connectivity index (χ0n) is 75.7. The van der Waals surface area contributed by atoms with Gasteiger partial charge in [-0.15, -0.1) is 0 Å². The number of carboxylic acids is 1. The van der Waals surface area contributed by atoms with Crippen LogP contribution in [0.3, 0.4) is 0 Å². The van der Waals surface area contributed by atoms with E-state index in [-0.39, 0.29) is 11.7 Å². The van der Waals surface area contributed by atoms with Crippen LogP contribution < -0.4 is 19.6 Å². The van der Waals surface area contributed by atoms with E-state index < -0.39 is 17.9 Å². The number of nitrogens with one attached hydrogen (secondary N) is 1. The number of hydrogen-bond acceptors (Lipinski definition) is 26. The molecule has 0 spiro atoms. The monoisotopic (exact) mass is 1770 g/mol. The molecule has 8 fully saturated rings. The highest BCUT2D eigenvalue weighted by molar-refractivity contribution is 6.29. The van der Waals surface area contributed by atoms with Crippen LogP contribution in [-0.2, 0) is 33.2 Å². The molecule has 4 aliphatic carbocycles. The van der Waals surface area contributed by atoms with Crippen molar-refractivity contribution in [3.63, 3.8) is 0 Å². The molecule has 4 saturated heterocycles. The number of nitrogens with zero attached hydrogens (tertiary/aromatic N) is 18. The number of carbonyl (C=O) groups is 4. The van der Waals surface area contributed by atoms with E-state index in [1.807, 2.05) is 90.3 Å². The first-order valence-corrected chi connectivity index (χ1v) is 46.6. The SMILES string of the molecule is CCOC(=O)c1cc(N2CCC(COC)CC2)c2c(C3CCC3)[nH]nc2n1.CCOC(=O)c1cc(N2CCC(COC)CC2)c2c(C3CCC3)nn(-c3cc(C)nc(Cl)c3)c2n1.CCOC(=O)c1cc(N2CCC(COC)CC2)c2c(C3CCC3)nn(-c3ccnc(C)c3)c2n1.COCC1CCN(c2cc(C(=O)O)nc3c2c(C2CCC2)nn3-c2ccnc(C)c2)CC1. The van der Waals surface area contributed by atoms with Gasteiger partial charge in [-0.3, -0.25) is 15.1 Å². The standard InChI is InChI=1S/C26H32ClN5O3.C26H33N5O3.C24H29N5O3.C20H28N4O3/c1-4-35-26(33)20-14-21(31-10-8-17(9-11-31)15-34-3)23-24(18-6-5-7-18)30-32(25(23)29-20)19-12-16(2)28-22(27)13-19;1-4-34-26(32)21-15-22(30-12-9-18(10-13-30)16-33-3)23-24(19-6-5-7-19)29-31(25(23)28-21)20-8-11-27-17(2)14-20;1-15-12-18(6-9-25-15)29-23-21(22(27-29)17-4-3-5-17)20(13-19(26-23)24(30)31)28-10-7-16(8-11-28)14-32-2;1-3-27-20(25)15-11-16(24-9-7-13(8-10-24)12-26-2)17-18(14-5-4-6-14)22-23-19(17)21-15/h12-14,17-18H,4-11,15H2,1-3H3;8,11,14-15,18-19H,4-7,9-10,12-13,16H2,1-3H3;6,9,12-13,16-17H,3-5,7-8,10-11,14H2,1-2H3,(H,30,31);11,13-14H,3-10,12H2,1-2H3,(H,21,22,23). The van der Waals surface area contributed by atoms with E-state index in [4.69, 9.17) is 70.0 Å². The van der Waals surface area contributed by atoms with Crippen molar-refractivity contribution in [2.75, 3.05) is 147 Å². The summed E-state index contributed by atoms with van der Waals surface area (Å²) in [6.07, 6.45) is 25.9. The summed E-state index contributed by atoms with van der Waals surface area (Å²) < 4.78 is 42.9. The molecule has 0 aromatic carbocycles. The molecule has 0 radical (unpaired) electrons. The first-order chi connectivity index (χ1) is 62.3. The van der Waals surface area contributed by atoms with Crippen LogP contribution in [0.15, 0.2) is 73.1 Å². The molecule has 15 heterocycles. The fraction of sp³-hybridized carbons (Fsp3) is 0.552. The van der Waals surface area contributed by atoms with Crippen LogP contribution >= 0.6 is 11.6 Å². The van der Waals surface area contributed by atoms with Crippen LogP contribution in [-0.4, -0.2) is 230 Å². The number of pyridine rings is 7. The van der Waals surface area contributed by atoms with Gasteiger partial charge in [-0.1, -0.05) is 37.3 Å². The van der Waals surface area contributed by atoms with E-state index in [0.29, 0.717) is 112 Å². The van der Waals surface area contributed by atoms with Crippen LogP contribution in [0.2, 0.25) is 5.15 Å². The summed E-state index contributed by atoms with van der Waals surface area (Å²) in [6.45, 7) is 22.6. The minimum absolute atomic E-state index is 0.0543. The van der Waals surface area contributed by atoms with Gasteiger partial charge in [-0.2, -0.15) is 20.4 Å². The van der Waals surface area contributed by atoms with Gasteiger partial charge in [0.15, 0.2) is 45.4 Å². The maximum absolute atomic E-state index is 12.8. The Balaban J connectivity index is 0.000000126. The summed E-state index contributed by atoms with van der Waals surface area (Å²) in [6, 6.07) is 19.0. The molecule has 11 aromatic heterocycles. The molecule has 128 heavy (non-hydrogen) atoms. The summed E-state index contributed by atoms with van der Waals surface area (Å²) in [4.78, 5) is 91.0. The Kier molecular flexibility index (Phi) is 29.2. The second-order valence-electron chi connectivity index (χ2n) is 35.6. The number of carboxylic acid groups (broad SMARTS) is 1. The van der Waals surface area contributed by atoms with Gasteiger partial charge in [0.05, 0.1) is 98.3 Å². The minimum atomic E-state index is -1.02. The van der Waals surface area contributed by atoms with Gasteiger partial charge in [-0.25, -0.2) is 58.1 Å². The van der Waals surface area contributed by atoms with Crippen molar-refractivity contribution >= 4 is 102 Å². The fourth-order valence-corrected chi connectivity index (χ4v) is 19.5. The number of aryl methyl sites for hydroxylation is 3. The fourth-order valence-electron chi connectivity index (χ4n) is 19.2. The van der Waals surface area contributed by atoms with E-state index in [9.17, 15) is 24.3 Å². The van der Waals surface area contributed by atoms with Crippen molar-refractivity contribution < 1.29 is 57.4 Å². The van der Waals surface area contributed by atoms with E-state index >= 15 is 0 Å². The first kappa shape index (κ1) is 90.5. The molecule has 2 N–H and O–H groups in total. The van der Waals surface area contributed by atoms with Crippen molar-refractivity contribution in [3.8, 4) is 17.1 Å². The van der Waals surface area contributed by atoms with Gasteiger partial charge < -0.3 is 57.9 Å². The molecule has 32 heteroatoms. The third kappa shape index (κ3) is 19.8. The van der Waals surface area contributed by atoms with Gasteiger partial charge in [0.2, 0.25) is 0 Å². The zero-order valence-corrected chi connectivity index (χ0v) is 76.4. The highest BCUT2D eigenvalue weighted by Gasteiger charge is 2.38. The van der Waals surface area contributed by atoms with Gasteiger partial charge in [-0.05, 0) is 223 Å². The van der Waals surface area contributed by atoms with Gasteiger partial charge in [0, 0.05) is 172 Å². The van der Waals surface area contributed by atoms with Crippen molar-refractivity contribution in [1.82, 2.24) is 74.4 Å². The van der Waals surface area contributed by atoms with E-state index in [1.165, 1.54) is 44.2 Å². The van der Waals surface area contributed by atoms with Gasteiger partial charge in [0.25, 0.3) is 0 Å². The highest BCUT2D eigenvalue weighted by atomic mass is 35.5. The Morgan fingerprint density at radius 3 is 1.03 bits per heavy atom. The third-order valence-electron chi connectivity index (χ3n) is 27.0. The normalized spacial score (nSPS) is 17.6. The van der Waals surface area contributed by atoms with Crippen LogP contribution in [0, 0.1) is 44.4 Å². The van der Waals surface area contributed by atoms with E-state index in [2.05, 4.69) is 54.7 Å². The summed E-state index contributed by atoms with van der Waals surface area (Å²) in [7, 11) is 7.04. The predicted octanol–water partition coefficient (Wildman–Crippen LogP) is 16.7. The zero-order chi connectivity index (χ0) is 89.2. The largest absolute Gasteiger partial charge is 0.477 e. The first-order valence-electron chi connectivity index (χ1n) is 46.2. The maximum atomic E-state index is 12.8. The Morgan fingerprint density at radius 2 is 0.719 bits per heavy atom. The van der Waals surface area contributed by atoms with Gasteiger partial charge >= 0.3 is 23.9 Å². The number of carbonyl (C=O) groups excluding carboxylic acids is 3. The minimum Gasteiger partial charge on any atom is -0.477 e. The molecule has 0 bridgehead atoms. The summed E-state index contributed by atoms with van der Waals surface area (Å²) >= 11 is 6.31. The lowest BCUT2D eigenvalue weighted by Gasteiger charge is -2.34. The summed E-state index contributed by atoms with van der Waals surface area (Å²) in [5, 5.41) is 37.2. The average Bonchev–Trinajstić information content (AvgIpc) is 1.59. The van der Waals surface area contributed by atoms with E-state index in [1.54, 1.807) is 66.8 Å².